The summed E-state index contributed by atoms with van der Waals surface area (Å²) in [5.74, 6) is 0.510. The van der Waals surface area contributed by atoms with Crippen LogP contribution >= 0.6 is 0 Å². The molecule has 0 aliphatic carbocycles. The highest BCUT2D eigenvalue weighted by atomic mass is 16.5. The quantitative estimate of drug-likeness (QED) is 0.919. The van der Waals surface area contributed by atoms with E-state index < -0.39 is 6.04 Å². The Balaban J connectivity index is 1.60. The molecule has 5 nitrogen and oxygen atoms in total. The monoisotopic (exact) mass is 324 g/mol. The van der Waals surface area contributed by atoms with Crippen LogP contribution in [-0.4, -0.2) is 24.4 Å². The third-order valence-corrected chi connectivity index (χ3v) is 3.98. The van der Waals surface area contributed by atoms with Crippen molar-refractivity contribution >= 4 is 17.5 Å². The van der Waals surface area contributed by atoms with Gasteiger partial charge in [0.15, 0.2) is 0 Å². The van der Waals surface area contributed by atoms with Gasteiger partial charge in [-0.2, -0.15) is 0 Å². The molecule has 1 unspecified atom stereocenters. The Morgan fingerprint density at radius 1 is 1.17 bits per heavy atom. The summed E-state index contributed by atoms with van der Waals surface area (Å²) < 4.78 is 5.75. The number of ether oxygens (including phenoxy) is 1. The maximum Gasteiger partial charge on any atom is 0.249 e. The Morgan fingerprint density at radius 2 is 1.88 bits per heavy atom. The van der Waals surface area contributed by atoms with Crippen LogP contribution in [0.4, 0.5) is 5.69 Å². The molecule has 2 amide bonds. The van der Waals surface area contributed by atoms with Gasteiger partial charge < -0.3 is 15.0 Å². The van der Waals surface area contributed by atoms with Gasteiger partial charge in [-0.15, -0.1) is 0 Å². The lowest BCUT2D eigenvalue weighted by atomic mass is 10.2. The van der Waals surface area contributed by atoms with Crippen molar-refractivity contribution in [2.24, 2.45) is 0 Å². The Hall–Kier alpha value is -2.82. The molecule has 5 heteroatoms. The molecule has 1 fully saturated rings. The second kappa shape index (κ2) is 7.17. The maximum absolute atomic E-state index is 12.3. The van der Waals surface area contributed by atoms with Crippen LogP contribution in [0.1, 0.15) is 18.9 Å². The fraction of sp³-hybridized carbons (Fsp3) is 0.263. The molecule has 2 aromatic rings. The number of hydrogen-bond donors (Lipinski definition) is 1. The van der Waals surface area contributed by atoms with E-state index >= 15 is 0 Å². The lowest BCUT2D eigenvalue weighted by Crippen LogP contribution is -2.40. The Labute approximate surface area is 141 Å². The van der Waals surface area contributed by atoms with Gasteiger partial charge in [-0.25, -0.2) is 0 Å². The van der Waals surface area contributed by atoms with Crippen LogP contribution in [0.15, 0.2) is 54.6 Å². The van der Waals surface area contributed by atoms with Crippen LogP contribution in [0.25, 0.3) is 0 Å². The molecule has 1 heterocycles. The van der Waals surface area contributed by atoms with Crippen molar-refractivity contribution in [3.63, 3.8) is 0 Å². The molecule has 3 rings (SSSR count). The van der Waals surface area contributed by atoms with E-state index in [0.717, 1.165) is 17.0 Å². The van der Waals surface area contributed by atoms with Crippen molar-refractivity contribution in [1.29, 1.82) is 0 Å². The molecule has 0 bridgehead atoms. The van der Waals surface area contributed by atoms with E-state index in [1.54, 1.807) is 4.90 Å². The van der Waals surface area contributed by atoms with Gasteiger partial charge in [0.2, 0.25) is 11.8 Å². The van der Waals surface area contributed by atoms with Gasteiger partial charge in [0.25, 0.3) is 0 Å². The summed E-state index contributed by atoms with van der Waals surface area (Å²) in [6, 6.07) is 17.0. The zero-order valence-corrected chi connectivity index (χ0v) is 13.6. The summed E-state index contributed by atoms with van der Waals surface area (Å²) in [5.41, 5.74) is 1.93. The summed E-state index contributed by atoms with van der Waals surface area (Å²) >= 11 is 0. The highest BCUT2D eigenvalue weighted by Gasteiger charge is 2.32. The SMILES string of the molecule is CC(=O)NC1CCN(c2ccc(OCc3ccccc3)cc2)C1=O. The van der Waals surface area contributed by atoms with Crippen LogP contribution < -0.4 is 15.0 Å². The number of amides is 2. The predicted octanol–water partition coefficient (Wildman–Crippen LogP) is 2.51. The van der Waals surface area contributed by atoms with Crippen LogP contribution in [-0.2, 0) is 16.2 Å². The standard InChI is InChI=1S/C19H20N2O3/c1-14(22)20-18-11-12-21(19(18)23)16-7-9-17(10-8-16)24-13-15-5-3-2-4-6-15/h2-10,18H,11-13H2,1H3,(H,20,22). The molecule has 1 aliphatic rings. The molecule has 1 saturated heterocycles. The first-order chi connectivity index (χ1) is 11.6. The maximum atomic E-state index is 12.3. The van der Waals surface area contributed by atoms with Crippen molar-refractivity contribution in [1.82, 2.24) is 5.32 Å². The van der Waals surface area contributed by atoms with Crippen molar-refractivity contribution in [3.8, 4) is 5.75 Å². The molecule has 0 saturated carbocycles. The third kappa shape index (κ3) is 3.74. The number of nitrogens with one attached hydrogen (secondary N) is 1. The minimum Gasteiger partial charge on any atom is -0.489 e. The number of carbonyl (C=O) groups is 2. The fourth-order valence-corrected chi connectivity index (χ4v) is 2.78. The van der Waals surface area contributed by atoms with Crippen LogP contribution in [0.5, 0.6) is 5.75 Å². The summed E-state index contributed by atoms with van der Waals surface area (Å²) in [4.78, 5) is 25.1. The molecule has 0 aromatic heterocycles. The normalized spacial score (nSPS) is 17.0. The first-order valence-corrected chi connectivity index (χ1v) is 7.99. The average molecular weight is 324 g/mol. The molecule has 0 spiro atoms. The van der Waals surface area contributed by atoms with E-state index in [2.05, 4.69) is 5.32 Å². The molecular formula is C19H20N2O3. The van der Waals surface area contributed by atoms with Crippen LogP contribution in [0.2, 0.25) is 0 Å². The number of anilines is 1. The largest absolute Gasteiger partial charge is 0.489 e. The van der Waals surface area contributed by atoms with Gasteiger partial charge in [-0.3, -0.25) is 9.59 Å². The third-order valence-electron chi connectivity index (χ3n) is 3.98. The topological polar surface area (TPSA) is 58.6 Å². The lowest BCUT2D eigenvalue weighted by molar-refractivity contribution is -0.125. The van der Waals surface area contributed by atoms with Crippen LogP contribution in [0, 0.1) is 0 Å². The van der Waals surface area contributed by atoms with E-state index in [1.165, 1.54) is 6.92 Å². The smallest absolute Gasteiger partial charge is 0.249 e. The van der Waals surface area contributed by atoms with E-state index in [-0.39, 0.29) is 11.8 Å². The van der Waals surface area contributed by atoms with Crippen molar-refractivity contribution in [3.05, 3.63) is 60.2 Å². The molecular weight excluding hydrogens is 304 g/mol. The van der Waals surface area contributed by atoms with Gasteiger partial charge in [0.05, 0.1) is 0 Å². The number of rotatable bonds is 5. The van der Waals surface area contributed by atoms with Gasteiger partial charge in [-0.1, -0.05) is 30.3 Å². The minimum atomic E-state index is -0.420. The van der Waals surface area contributed by atoms with E-state index in [9.17, 15) is 9.59 Å². The highest BCUT2D eigenvalue weighted by Crippen LogP contribution is 2.24. The van der Waals surface area contributed by atoms with Crippen molar-refractivity contribution in [2.75, 3.05) is 11.4 Å². The van der Waals surface area contributed by atoms with E-state index in [0.29, 0.717) is 19.6 Å². The second-order valence-electron chi connectivity index (χ2n) is 5.80. The van der Waals surface area contributed by atoms with E-state index in [1.807, 2.05) is 54.6 Å². The number of hydrogen-bond acceptors (Lipinski definition) is 3. The van der Waals surface area contributed by atoms with Gasteiger partial charge in [0, 0.05) is 19.2 Å². The molecule has 0 radical (unpaired) electrons. The summed E-state index contributed by atoms with van der Waals surface area (Å²) in [6.07, 6.45) is 0.630. The fourth-order valence-electron chi connectivity index (χ4n) is 2.78. The number of carbonyl (C=O) groups excluding carboxylic acids is 2. The Kier molecular flexibility index (Phi) is 4.79. The van der Waals surface area contributed by atoms with Gasteiger partial charge >= 0.3 is 0 Å². The molecule has 1 N–H and O–H groups in total. The van der Waals surface area contributed by atoms with Crippen molar-refractivity contribution < 1.29 is 14.3 Å². The predicted molar refractivity (Wildman–Crippen MR) is 91.8 cm³/mol. The first-order valence-electron chi connectivity index (χ1n) is 7.99. The lowest BCUT2D eigenvalue weighted by Gasteiger charge is -2.17. The minimum absolute atomic E-state index is 0.0665. The number of nitrogens with zero attached hydrogens (tertiary/aromatic N) is 1. The number of benzene rings is 2. The second-order valence-corrected chi connectivity index (χ2v) is 5.80. The molecule has 1 atom stereocenters. The highest BCUT2D eigenvalue weighted by molar-refractivity contribution is 6.01. The molecule has 124 valence electrons. The molecule has 2 aromatic carbocycles. The van der Waals surface area contributed by atoms with Crippen LogP contribution in [0.3, 0.4) is 0 Å². The molecule has 1 aliphatic heterocycles. The average Bonchev–Trinajstić information content (AvgIpc) is 2.95. The zero-order chi connectivity index (χ0) is 16.9. The van der Waals surface area contributed by atoms with Gasteiger partial charge in [0.1, 0.15) is 18.4 Å². The summed E-state index contributed by atoms with van der Waals surface area (Å²) in [6.45, 7) is 2.54. The van der Waals surface area contributed by atoms with Crippen molar-refractivity contribution in [2.45, 2.75) is 26.0 Å². The summed E-state index contributed by atoms with van der Waals surface area (Å²) in [5, 5.41) is 2.69. The Morgan fingerprint density at radius 3 is 2.54 bits per heavy atom. The Bertz CT molecular complexity index is 713. The zero-order valence-electron chi connectivity index (χ0n) is 13.6. The van der Waals surface area contributed by atoms with E-state index in [4.69, 9.17) is 4.74 Å². The summed E-state index contributed by atoms with van der Waals surface area (Å²) in [7, 11) is 0. The first kappa shape index (κ1) is 16.1. The van der Waals surface area contributed by atoms with Gasteiger partial charge in [-0.05, 0) is 36.2 Å². The molecule has 24 heavy (non-hydrogen) atoms.